The smallest absolute Gasteiger partial charge is 0.298 e. The topological polar surface area (TPSA) is 95.7 Å². The summed E-state index contributed by atoms with van der Waals surface area (Å²) in [5.74, 6) is -2.35. The summed E-state index contributed by atoms with van der Waals surface area (Å²) in [5, 5.41) is 0.409. The van der Waals surface area contributed by atoms with Crippen LogP contribution in [0.2, 0.25) is 5.02 Å². The largest absolute Gasteiger partial charge is 0.467 e. The lowest BCUT2D eigenvalue weighted by Crippen LogP contribution is -2.42. The van der Waals surface area contributed by atoms with Crippen LogP contribution in [-0.4, -0.2) is 42.3 Å². The van der Waals surface area contributed by atoms with E-state index in [9.17, 15) is 13.2 Å². The number of ketones is 1. The maximum atomic E-state index is 12.5. The van der Waals surface area contributed by atoms with E-state index in [-0.39, 0.29) is 12.0 Å². The summed E-state index contributed by atoms with van der Waals surface area (Å²) < 4.78 is 31.9. The second kappa shape index (κ2) is 6.08. The molecule has 1 aromatic carbocycles. The molecule has 11 heteroatoms. The van der Waals surface area contributed by atoms with Crippen molar-refractivity contribution in [1.29, 1.82) is 0 Å². The molecule has 120 valence electrons. The van der Waals surface area contributed by atoms with Gasteiger partial charge in [0, 0.05) is 9.57 Å². The molecule has 6 radical (unpaired) electrons. The van der Waals surface area contributed by atoms with E-state index in [2.05, 4.69) is 0 Å². The van der Waals surface area contributed by atoms with Crippen LogP contribution in [-0.2, 0) is 29.3 Å². The van der Waals surface area contributed by atoms with E-state index in [0.717, 1.165) is 0 Å². The van der Waals surface area contributed by atoms with Gasteiger partial charge in [-0.25, -0.2) is 0 Å². The highest BCUT2D eigenvalue weighted by molar-refractivity contribution is 7.91. The summed E-state index contributed by atoms with van der Waals surface area (Å²) in [7, 11) is 12.3. The van der Waals surface area contributed by atoms with Gasteiger partial charge >= 0.3 is 0 Å². The third-order valence-electron chi connectivity index (χ3n) is 3.52. The van der Waals surface area contributed by atoms with Crippen LogP contribution in [0, 0.1) is 0 Å². The van der Waals surface area contributed by atoms with Gasteiger partial charge in [0.2, 0.25) is 17.4 Å². The summed E-state index contributed by atoms with van der Waals surface area (Å²) in [6, 6.07) is 5.84. The quantitative estimate of drug-likeness (QED) is 0.592. The molecule has 0 bridgehead atoms. The summed E-state index contributed by atoms with van der Waals surface area (Å²) in [4.78, 5) is 12.5. The third-order valence-corrected chi connectivity index (χ3v) is 5.38. The van der Waals surface area contributed by atoms with Gasteiger partial charge in [-0.3, -0.25) is 4.79 Å². The number of carbonyl (C=O) groups excluding carboxylic acids is 1. The average Bonchev–Trinajstić information content (AvgIpc) is 2.72. The van der Waals surface area contributed by atoms with E-state index in [1.54, 1.807) is 0 Å². The van der Waals surface area contributed by atoms with Gasteiger partial charge in [-0.2, -0.15) is 8.42 Å². The van der Waals surface area contributed by atoms with Gasteiger partial charge < -0.3 is 14.7 Å². The fourth-order valence-corrected chi connectivity index (χ4v) is 2.89. The molecule has 0 saturated heterocycles. The highest BCUT2D eigenvalue weighted by Gasteiger charge is 2.49. The Balaban J connectivity index is 2.36. The van der Waals surface area contributed by atoms with Crippen molar-refractivity contribution in [3.05, 3.63) is 46.5 Å². The number of hydrogen-bond acceptors (Lipinski definition) is 6. The number of rotatable bonds is 5. The molecule has 0 aliphatic carbocycles. The van der Waals surface area contributed by atoms with Gasteiger partial charge in [-0.05, 0) is 24.1 Å². The Kier molecular flexibility index (Phi) is 4.76. The van der Waals surface area contributed by atoms with E-state index in [1.807, 2.05) is 0 Å². The van der Waals surface area contributed by atoms with Crippen molar-refractivity contribution in [2.45, 2.75) is 23.4 Å². The van der Waals surface area contributed by atoms with E-state index in [0.29, 0.717) is 5.02 Å². The van der Waals surface area contributed by atoms with Crippen molar-refractivity contribution < 1.29 is 22.1 Å². The zero-order valence-corrected chi connectivity index (χ0v) is 14.2. The Morgan fingerprint density at radius 3 is 2.38 bits per heavy atom. The molecule has 0 amide bonds. The summed E-state index contributed by atoms with van der Waals surface area (Å²) in [5.41, 5.74) is 3.73. The van der Waals surface area contributed by atoms with Crippen molar-refractivity contribution >= 4 is 51.0 Å². The average molecular weight is 361 g/mol. The minimum absolute atomic E-state index is 0.164. The van der Waals surface area contributed by atoms with E-state index >= 15 is 0 Å². The first-order chi connectivity index (χ1) is 10.9. The lowest BCUT2D eigenvalue weighted by Gasteiger charge is -2.25. The standard InChI is InChI=1S/C13H11B3ClNO5S/c1-2-12(14,15)24(20,21)23-9-10(19)13(16,22-11(9)18)7-3-5-8(17)6-4-7/h3-6H,2,18H2,1H3/t13-/m1/s1. The number of Topliss-reactive ketones (excluding diaryl/α,β-unsaturated/α-hetero) is 1. The number of hydrogen-bond donors (Lipinski definition) is 1. The number of nitrogens with two attached hydrogens (primary N) is 1. The van der Waals surface area contributed by atoms with Crippen molar-refractivity contribution in [1.82, 2.24) is 0 Å². The minimum Gasteiger partial charge on any atom is -0.467 e. The lowest BCUT2D eigenvalue weighted by molar-refractivity contribution is -0.126. The molecule has 0 saturated carbocycles. The van der Waals surface area contributed by atoms with Crippen molar-refractivity contribution in [3.8, 4) is 0 Å². The predicted molar refractivity (Wildman–Crippen MR) is 90.7 cm³/mol. The van der Waals surface area contributed by atoms with Crippen LogP contribution in [0.5, 0.6) is 0 Å². The first-order valence-electron chi connectivity index (χ1n) is 6.75. The number of benzene rings is 1. The van der Waals surface area contributed by atoms with Gasteiger partial charge in [-0.1, -0.05) is 30.7 Å². The molecule has 0 fully saturated rings. The molecule has 2 rings (SSSR count). The van der Waals surface area contributed by atoms with Crippen molar-refractivity contribution in [2.75, 3.05) is 0 Å². The highest BCUT2D eigenvalue weighted by Crippen LogP contribution is 2.37. The molecule has 1 aromatic rings. The summed E-state index contributed by atoms with van der Waals surface area (Å²) in [6.07, 6.45) is -0.164. The van der Waals surface area contributed by atoms with Gasteiger partial charge in [0.15, 0.2) is 5.50 Å². The maximum absolute atomic E-state index is 12.5. The SMILES string of the molecule is [B]C([B])(CC)S(=O)(=O)OC1=C(N)O[C@]([B])(c2ccc(Cl)cc2)C1=O. The van der Waals surface area contributed by atoms with E-state index in [4.69, 9.17) is 49.8 Å². The zero-order valence-electron chi connectivity index (χ0n) is 12.7. The van der Waals surface area contributed by atoms with E-state index in [1.165, 1.54) is 31.2 Å². The first-order valence-corrected chi connectivity index (χ1v) is 8.53. The van der Waals surface area contributed by atoms with Crippen LogP contribution in [0.3, 0.4) is 0 Å². The van der Waals surface area contributed by atoms with Crippen LogP contribution in [0.1, 0.15) is 18.9 Å². The Morgan fingerprint density at radius 1 is 1.33 bits per heavy atom. The molecule has 24 heavy (non-hydrogen) atoms. The minimum atomic E-state index is -4.56. The molecular formula is C13H11B3ClNO5S. The molecule has 6 nitrogen and oxygen atoms in total. The fraction of sp³-hybridized carbons (Fsp3) is 0.308. The third kappa shape index (κ3) is 3.04. The number of carbonyl (C=O) groups is 1. The van der Waals surface area contributed by atoms with Crippen molar-refractivity contribution in [2.24, 2.45) is 5.73 Å². The Bertz CT molecular complexity index is 809. The molecule has 1 heterocycles. The molecule has 1 aliphatic heterocycles. The second-order valence-electron chi connectivity index (χ2n) is 5.21. The first kappa shape index (κ1) is 18.8. The molecule has 1 aliphatic rings. The second-order valence-corrected chi connectivity index (χ2v) is 7.48. The van der Waals surface area contributed by atoms with Gasteiger partial charge in [0.25, 0.3) is 10.1 Å². The number of ether oxygens (including phenoxy) is 1. The molecule has 2 N–H and O–H groups in total. The van der Waals surface area contributed by atoms with Crippen molar-refractivity contribution in [3.63, 3.8) is 0 Å². The Morgan fingerprint density at radius 2 is 1.88 bits per heavy atom. The molecular weight excluding hydrogens is 350 g/mol. The fourth-order valence-electron chi connectivity index (χ4n) is 1.88. The summed E-state index contributed by atoms with van der Waals surface area (Å²) in [6.45, 7) is 1.44. The van der Waals surface area contributed by atoms with Crippen LogP contribution >= 0.6 is 11.6 Å². The monoisotopic (exact) mass is 361 g/mol. The Hall–Kier alpha value is -1.54. The molecule has 0 unspecified atom stereocenters. The van der Waals surface area contributed by atoms with Crippen LogP contribution in [0.25, 0.3) is 0 Å². The van der Waals surface area contributed by atoms with Gasteiger partial charge in [-0.15, -0.1) is 0 Å². The normalized spacial score (nSPS) is 21.7. The predicted octanol–water partition coefficient (Wildman–Crippen LogP) is 0.136. The molecule has 0 aromatic heterocycles. The lowest BCUT2D eigenvalue weighted by atomic mass is 9.68. The zero-order chi connectivity index (χ0) is 18.3. The van der Waals surface area contributed by atoms with Crippen LogP contribution < -0.4 is 5.73 Å². The van der Waals surface area contributed by atoms with E-state index < -0.39 is 37.6 Å². The highest BCUT2D eigenvalue weighted by atomic mass is 35.5. The molecule has 0 spiro atoms. The van der Waals surface area contributed by atoms with Crippen LogP contribution in [0.4, 0.5) is 0 Å². The van der Waals surface area contributed by atoms with Gasteiger partial charge in [0.05, 0.1) is 15.7 Å². The maximum Gasteiger partial charge on any atom is 0.298 e. The molecule has 1 atom stereocenters. The van der Waals surface area contributed by atoms with Gasteiger partial charge in [0.1, 0.15) is 7.85 Å². The van der Waals surface area contributed by atoms with Crippen LogP contribution in [0.15, 0.2) is 35.9 Å². The Labute approximate surface area is 149 Å². The number of halogens is 1. The summed E-state index contributed by atoms with van der Waals surface area (Å²) >= 11 is 5.78.